The fourth-order valence-corrected chi connectivity index (χ4v) is 2.48. The van der Waals surface area contributed by atoms with E-state index in [4.69, 9.17) is 5.73 Å². The largest absolute Gasteiger partial charge is 0.329 e. The molecule has 0 radical (unpaired) electrons. The van der Waals surface area contributed by atoms with Crippen LogP contribution in [0.15, 0.2) is 30.7 Å². The van der Waals surface area contributed by atoms with Crippen molar-refractivity contribution >= 4 is 0 Å². The number of pyridine rings is 1. The smallest absolute Gasteiger partial charge is 0.0540 e. The molecule has 2 N–H and O–H groups in total. The standard InChI is InChI=1S/C15H23N5/c1-4-20(11-13-5-7-17-8-6-13)15(9-16)14-10-18-19(3)12(14)2/h5-8,10,15H,4,9,11,16H2,1-3H3. The molecule has 20 heavy (non-hydrogen) atoms. The lowest BCUT2D eigenvalue weighted by Crippen LogP contribution is -2.33. The van der Waals surface area contributed by atoms with Crippen molar-refractivity contribution in [3.63, 3.8) is 0 Å². The molecule has 0 saturated heterocycles. The van der Waals surface area contributed by atoms with Crippen molar-refractivity contribution in [2.45, 2.75) is 26.4 Å². The van der Waals surface area contributed by atoms with E-state index < -0.39 is 0 Å². The average Bonchev–Trinajstić information content (AvgIpc) is 2.80. The van der Waals surface area contributed by atoms with E-state index in [1.54, 1.807) is 0 Å². The van der Waals surface area contributed by atoms with Crippen LogP contribution >= 0.6 is 0 Å². The Labute approximate surface area is 120 Å². The SMILES string of the molecule is CCN(Cc1ccncc1)C(CN)c1cnn(C)c1C. The molecule has 0 bridgehead atoms. The third kappa shape index (κ3) is 3.05. The van der Waals surface area contributed by atoms with Crippen molar-refractivity contribution in [1.29, 1.82) is 0 Å². The van der Waals surface area contributed by atoms with Gasteiger partial charge in [0, 0.05) is 43.8 Å². The van der Waals surface area contributed by atoms with Gasteiger partial charge in [-0.2, -0.15) is 5.10 Å². The highest BCUT2D eigenvalue weighted by atomic mass is 15.3. The minimum atomic E-state index is 0.196. The second kappa shape index (κ2) is 6.63. The molecule has 0 aromatic carbocycles. The van der Waals surface area contributed by atoms with Crippen LogP contribution in [0.25, 0.3) is 0 Å². The predicted octanol–water partition coefficient (Wildman–Crippen LogP) is 1.65. The lowest BCUT2D eigenvalue weighted by Gasteiger charge is -2.29. The third-order valence-corrected chi connectivity index (χ3v) is 3.84. The van der Waals surface area contributed by atoms with Gasteiger partial charge in [0.25, 0.3) is 0 Å². The molecule has 108 valence electrons. The van der Waals surface area contributed by atoms with E-state index in [1.807, 2.05) is 42.5 Å². The first-order valence-electron chi connectivity index (χ1n) is 6.98. The highest BCUT2D eigenvalue weighted by Gasteiger charge is 2.21. The average molecular weight is 273 g/mol. The number of hydrogen-bond donors (Lipinski definition) is 1. The van der Waals surface area contributed by atoms with Gasteiger partial charge in [-0.1, -0.05) is 6.92 Å². The van der Waals surface area contributed by atoms with Crippen LogP contribution in [0.4, 0.5) is 0 Å². The van der Waals surface area contributed by atoms with Gasteiger partial charge in [0.15, 0.2) is 0 Å². The Bertz CT molecular complexity index is 534. The van der Waals surface area contributed by atoms with Gasteiger partial charge in [0.05, 0.1) is 12.2 Å². The molecule has 1 unspecified atom stereocenters. The molecule has 0 aliphatic heterocycles. The molecule has 5 heteroatoms. The van der Waals surface area contributed by atoms with Crippen LogP contribution in [-0.2, 0) is 13.6 Å². The first-order valence-corrected chi connectivity index (χ1v) is 6.98. The number of rotatable bonds is 6. The van der Waals surface area contributed by atoms with Crippen LogP contribution in [0.1, 0.15) is 29.8 Å². The molecule has 2 aromatic heterocycles. The van der Waals surface area contributed by atoms with Crippen LogP contribution < -0.4 is 5.73 Å². The number of hydrogen-bond acceptors (Lipinski definition) is 4. The number of likely N-dealkylation sites (N-methyl/N-ethyl adjacent to an activating group) is 1. The van der Waals surface area contributed by atoms with Crippen LogP contribution in [0, 0.1) is 6.92 Å². The maximum Gasteiger partial charge on any atom is 0.0540 e. The van der Waals surface area contributed by atoms with Crippen molar-refractivity contribution in [2.24, 2.45) is 12.8 Å². The molecular formula is C15H23N5. The van der Waals surface area contributed by atoms with Gasteiger partial charge in [-0.15, -0.1) is 0 Å². The minimum absolute atomic E-state index is 0.196. The van der Waals surface area contributed by atoms with E-state index in [9.17, 15) is 0 Å². The molecule has 0 aliphatic carbocycles. The molecule has 2 aromatic rings. The molecule has 0 spiro atoms. The Morgan fingerprint density at radius 3 is 2.55 bits per heavy atom. The van der Waals surface area contributed by atoms with E-state index >= 15 is 0 Å². The topological polar surface area (TPSA) is 60.0 Å². The van der Waals surface area contributed by atoms with Gasteiger partial charge in [-0.05, 0) is 31.2 Å². The zero-order valence-corrected chi connectivity index (χ0v) is 12.5. The van der Waals surface area contributed by atoms with Crippen molar-refractivity contribution in [3.05, 3.63) is 47.5 Å². The zero-order valence-electron chi connectivity index (χ0n) is 12.5. The summed E-state index contributed by atoms with van der Waals surface area (Å²) in [5.74, 6) is 0. The monoisotopic (exact) mass is 273 g/mol. The van der Waals surface area contributed by atoms with Crippen LogP contribution in [-0.4, -0.2) is 32.8 Å². The van der Waals surface area contributed by atoms with Gasteiger partial charge in [0.1, 0.15) is 0 Å². The lowest BCUT2D eigenvalue weighted by atomic mass is 10.1. The number of nitrogens with two attached hydrogens (primary N) is 1. The van der Waals surface area contributed by atoms with Crippen molar-refractivity contribution in [2.75, 3.05) is 13.1 Å². The summed E-state index contributed by atoms with van der Waals surface area (Å²) in [7, 11) is 1.96. The Hall–Kier alpha value is -1.72. The maximum absolute atomic E-state index is 6.02. The zero-order chi connectivity index (χ0) is 14.5. The molecule has 1 atom stereocenters. The summed E-state index contributed by atoms with van der Waals surface area (Å²) in [6.45, 7) is 6.65. The second-order valence-electron chi connectivity index (χ2n) is 4.98. The highest BCUT2D eigenvalue weighted by molar-refractivity contribution is 5.22. The maximum atomic E-state index is 6.02. The molecular weight excluding hydrogens is 250 g/mol. The first-order chi connectivity index (χ1) is 9.67. The van der Waals surface area contributed by atoms with Crippen molar-refractivity contribution in [3.8, 4) is 0 Å². The molecule has 5 nitrogen and oxygen atoms in total. The predicted molar refractivity (Wildman–Crippen MR) is 80.1 cm³/mol. The summed E-state index contributed by atoms with van der Waals surface area (Å²) in [4.78, 5) is 6.44. The van der Waals surface area contributed by atoms with Gasteiger partial charge in [-0.3, -0.25) is 14.6 Å². The van der Waals surface area contributed by atoms with Gasteiger partial charge in [-0.25, -0.2) is 0 Å². The summed E-state index contributed by atoms with van der Waals surface area (Å²) >= 11 is 0. The fraction of sp³-hybridized carbons (Fsp3) is 0.467. The van der Waals surface area contributed by atoms with E-state index in [1.165, 1.54) is 16.8 Å². The third-order valence-electron chi connectivity index (χ3n) is 3.84. The van der Waals surface area contributed by atoms with Gasteiger partial charge < -0.3 is 5.73 Å². The lowest BCUT2D eigenvalue weighted by molar-refractivity contribution is 0.202. The van der Waals surface area contributed by atoms with Crippen molar-refractivity contribution < 1.29 is 0 Å². The summed E-state index contributed by atoms with van der Waals surface area (Å²) in [5.41, 5.74) is 9.66. The Morgan fingerprint density at radius 2 is 2.05 bits per heavy atom. The van der Waals surface area contributed by atoms with Gasteiger partial charge >= 0.3 is 0 Å². The Balaban J connectivity index is 2.22. The van der Waals surface area contributed by atoms with Crippen molar-refractivity contribution in [1.82, 2.24) is 19.7 Å². The summed E-state index contributed by atoms with van der Waals surface area (Å²) < 4.78 is 1.90. The van der Waals surface area contributed by atoms with E-state index in [2.05, 4.69) is 28.8 Å². The van der Waals surface area contributed by atoms with Crippen LogP contribution in [0.3, 0.4) is 0 Å². The Kier molecular flexibility index (Phi) is 4.87. The fourth-order valence-electron chi connectivity index (χ4n) is 2.48. The number of nitrogens with zero attached hydrogens (tertiary/aromatic N) is 4. The summed E-state index contributed by atoms with van der Waals surface area (Å²) in [5, 5.41) is 4.33. The second-order valence-corrected chi connectivity index (χ2v) is 4.98. The molecule has 0 aliphatic rings. The molecule has 2 heterocycles. The summed E-state index contributed by atoms with van der Waals surface area (Å²) in [6.07, 6.45) is 5.59. The van der Waals surface area contributed by atoms with E-state index in [-0.39, 0.29) is 6.04 Å². The minimum Gasteiger partial charge on any atom is -0.329 e. The number of aryl methyl sites for hydroxylation is 1. The van der Waals surface area contributed by atoms with E-state index in [0.717, 1.165) is 13.1 Å². The molecule has 0 fully saturated rings. The highest BCUT2D eigenvalue weighted by Crippen LogP contribution is 2.24. The molecule has 2 rings (SSSR count). The van der Waals surface area contributed by atoms with Gasteiger partial charge in [0.2, 0.25) is 0 Å². The van der Waals surface area contributed by atoms with E-state index in [0.29, 0.717) is 6.54 Å². The first kappa shape index (κ1) is 14.7. The van der Waals surface area contributed by atoms with Crippen LogP contribution in [0.2, 0.25) is 0 Å². The summed E-state index contributed by atoms with van der Waals surface area (Å²) in [6, 6.07) is 4.29. The molecule has 0 saturated carbocycles. The normalized spacial score (nSPS) is 12.8. The quantitative estimate of drug-likeness (QED) is 0.869. The Morgan fingerprint density at radius 1 is 1.35 bits per heavy atom. The van der Waals surface area contributed by atoms with Crippen LogP contribution in [0.5, 0.6) is 0 Å². The number of aromatic nitrogens is 3. The molecule has 0 amide bonds.